The summed E-state index contributed by atoms with van der Waals surface area (Å²) in [5.74, 6) is -1.55. The fraction of sp³-hybridized carbons (Fsp3) is 0. The minimum Gasteiger partial charge on any atom is -0.285 e. The topological polar surface area (TPSA) is 101 Å². The molecule has 0 unspecified atom stereocenters. The van der Waals surface area contributed by atoms with Crippen molar-refractivity contribution in [2.75, 3.05) is 5.32 Å². The third kappa shape index (κ3) is 3.08. The Hall–Kier alpha value is -2.83. The second kappa shape index (κ2) is 5.48. The maximum atomic E-state index is 11.5. The van der Waals surface area contributed by atoms with Gasteiger partial charge in [-0.3, -0.25) is 14.9 Å². The Labute approximate surface area is 102 Å². The Bertz CT molecular complexity index is 562. The molecule has 1 amide bonds. The van der Waals surface area contributed by atoms with Gasteiger partial charge < -0.3 is 0 Å². The number of tetrazole rings is 1. The van der Waals surface area contributed by atoms with Gasteiger partial charge in [-0.15, -0.1) is 5.10 Å². The molecule has 0 saturated heterocycles. The largest absolute Gasteiger partial charge is 0.298 e. The van der Waals surface area contributed by atoms with E-state index in [0.717, 1.165) is 5.56 Å². The predicted molar refractivity (Wildman–Crippen MR) is 63.3 cm³/mol. The van der Waals surface area contributed by atoms with Crippen molar-refractivity contribution in [3.8, 4) is 0 Å². The SMILES string of the molecule is O=C(/C=C/c1ccccc1)C(=O)Nc1nn[nH]n1. The summed E-state index contributed by atoms with van der Waals surface area (Å²) in [5.41, 5.74) is 0.832. The zero-order valence-corrected chi connectivity index (χ0v) is 9.20. The molecule has 0 aliphatic rings. The summed E-state index contributed by atoms with van der Waals surface area (Å²) in [4.78, 5) is 22.9. The zero-order chi connectivity index (χ0) is 12.8. The molecular formula is C11H9N5O2. The molecule has 0 bridgehead atoms. The summed E-state index contributed by atoms with van der Waals surface area (Å²) < 4.78 is 0. The van der Waals surface area contributed by atoms with Crippen LogP contribution in [0.2, 0.25) is 0 Å². The average molecular weight is 243 g/mol. The van der Waals surface area contributed by atoms with Crippen LogP contribution in [0.4, 0.5) is 5.95 Å². The van der Waals surface area contributed by atoms with Gasteiger partial charge in [-0.05, 0) is 16.9 Å². The molecule has 7 nitrogen and oxygen atoms in total. The molecule has 0 aliphatic carbocycles. The number of hydrogen-bond acceptors (Lipinski definition) is 5. The van der Waals surface area contributed by atoms with Gasteiger partial charge in [0.1, 0.15) is 0 Å². The Morgan fingerprint density at radius 1 is 1.22 bits per heavy atom. The van der Waals surface area contributed by atoms with Crippen LogP contribution in [0.1, 0.15) is 5.56 Å². The molecule has 2 aromatic rings. The first-order valence-electron chi connectivity index (χ1n) is 5.07. The molecule has 1 aromatic carbocycles. The standard InChI is InChI=1S/C11H9N5O2/c17-9(7-6-8-4-2-1-3-5-8)10(18)12-11-13-15-16-14-11/h1-7H,(H2,12,13,14,15,16,18)/b7-6+. The van der Waals surface area contributed by atoms with Gasteiger partial charge in [0.2, 0.25) is 5.78 Å². The molecule has 2 N–H and O–H groups in total. The number of hydrogen-bond donors (Lipinski definition) is 2. The highest BCUT2D eigenvalue weighted by Crippen LogP contribution is 2.01. The van der Waals surface area contributed by atoms with Gasteiger partial charge in [0, 0.05) is 0 Å². The molecule has 0 spiro atoms. The lowest BCUT2D eigenvalue weighted by Crippen LogP contribution is -2.21. The van der Waals surface area contributed by atoms with Gasteiger partial charge in [0.05, 0.1) is 0 Å². The van der Waals surface area contributed by atoms with Crippen LogP contribution in [-0.2, 0) is 9.59 Å². The van der Waals surface area contributed by atoms with Crippen molar-refractivity contribution >= 4 is 23.7 Å². The average Bonchev–Trinajstić information content (AvgIpc) is 2.90. The molecule has 0 fully saturated rings. The summed E-state index contributed by atoms with van der Waals surface area (Å²) in [7, 11) is 0. The first-order chi connectivity index (χ1) is 8.75. The van der Waals surface area contributed by atoms with Crippen molar-refractivity contribution in [1.82, 2.24) is 20.6 Å². The first-order valence-corrected chi connectivity index (χ1v) is 5.07. The zero-order valence-electron chi connectivity index (χ0n) is 9.20. The highest BCUT2D eigenvalue weighted by molar-refractivity contribution is 6.45. The van der Waals surface area contributed by atoms with Crippen LogP contribution in [0.5, 0.6) is 0 Å². The van der Waals surface area contributed by atoms with Crippen LogP contribution in [0, 0.1) is 0 Å². The van der Waals surface area contributed by atoms with Crippen molar-refractivity contribution in [1.29, 1.82) is 0 Å². The quantitative estimate of drug-likeness (QED) is 0.598. The normalized spacial score (nSPS) is 10.4. The van der Waals surface area contributed by atoms with Crippen molar-refractivity contribution < 1.29 is 9.59 Å². The molecule has 7 heteroatoms. The summed E-state index contributed by atoms with van der Waals surface area (Å²) in [6.07, 6.45) is 2.74. The number of ketones is 1. The number of nitrogens with one attached hydrogen (secondary N) is 2. The van der Waals surface area contributed by atoms with Crippen LogP contribution in [0.15, 0.2) is 36.4 Å². The summed E-state index contributed by atoms with van der Waals surface area (Å²) in [6, 6.07) is 9.18. The van der Waals surface area contributed by atoms with E-state index in [1.165, 1.54) is 6.08 Å². The van der Waals surface area contributed by atoms with Crippen molar-refractivity contribution in [2.24, 2.45) is 0 Å². The number of anilines is 1. The van der Waals surface area contributed by atoms with E-state index in [0.29, 0.717) is 0 Å². The third-order valence-electron chi connectivity index (χ3n) is 2.02. The second-order valence-corrected chi connectivity index (χ2v) is 3.30. The third-order valence-corrected chi connectivity index (χ3v) is 2.02. The number of carbonyl (C=O) groups is 2. The number of aromatic nitrogens is 4. The molecule has 1 heterocycles. The number of nitrogens with zero attached hydrogens (tertiary/aromatic N) is 3. The van der Waals surface area contributed by atoms with E-state index in [4.69, 9.17) is 0 Å². The summed E-state index contributed by atoms with van der Waals surface area (Å²) in [6.45, 7) is 0. The van der Waals surface area contributed by atoms with E-state index < -0.39 is 11.7 Å². The van der Waals surface area contributed by atoms with E-state index in [-0.39, 0.29) is 5.95 Å². The van der Waals surface area contributed by atoms with Gasteiger partial charge in [0.25, 0.3) is 11.9 Å². The monoisotopic (exact) mass is 243 g/mol. The minimum atomic E-state index is -0.816. The maximum absolute atomic E-state index is 11.5. The number of carbonyl (C=O) groups excluding carboxylic acids is 2. The lowest BCUT2D eigenvalue weighted by atomic mass is 10.2. The Kier molecular flexibility index (Phi) is 3.55. The van der Waals surface area contributed by atoms with Crippen LogP contribution >= 0.6 is 0 Å². The van der Waals surface area contributed by atoms with Crippen molar-refractivity contribution in [3.05, 3.63) is 42.0 Å². The van der Waals surface area contributed by atoms with Crippen LogP contribution in [-0.4, -0.2) is 32.3 Å². The Balaban J connectivity index is 1.96. The van der Waals surface area contributed by atoms with Crippen molar-refractivity contribution in [3.63, 3.8) is 0 Å². The van der Waals surface area contributed by atoms with Gasteiger partial charge in [-0.25, -0.2) is 0 Å². The first kappa shape index (κ1) is 11.6. The van der Waals surface area contributed by atoms with Gasteiger partial charge >= 0.3 is 0 Å². The molecule has 2 rings (SSSR count). The van der Waals surface area contributed by atoms with Crippen LogP contribution in [0.25, 0.3) is 6.08 Å². The fourth-order valence-electron chi connectivity index (χ4n) is 1.19. The van der Waals surface area contributed by atoms with Gasteiger partial charge in [-0.2, -0.15) is 5.21 Å². The molecule has 1 aromatic heterocycles. The smallest absolute Gasteiger partial charge is 0.285 e. The molecule has 0 radical (unpaired) electrons. The molecule has 0 saturated carbocycles. The molecule has 0 atom stereocenters. The highest BCUT2D eigenvalue weighted by Gasteiger charge is 2.12. The molecule has 18 heavy (non-hydrogen) atoms. The number of H-pyrrole nitrogens is 1. The lowest BCUT2D eigenvalue weighted by molar-refractivity contribution is -0.131. The van der Waals surface area contributed by atoms with Crippen molar-refractivity contribution in [2.45, 2.75) is 0 Å². The molecule has 90 valence electrons. The van der Waals surface area contributed by atoms with E-state index in [1.807, 2.05) is 30.3 Å². The number of benzene rings is 1. The van der Waals surface area contributed by atoms with E-state index in [2.05, 4.69) is 25.9 Å². The second-order valence-electron chi connectivity index (χ2n) is 3.30. The Morgan fingerprint density at radius 2 is 2.00 bits per heavy atom. The van der Waals surface area contributed by atoms with Crippen LogP contribution in [0.3, 0.4) is 0 Å². The maximum Gasteiger partial charge on any atom is 0.298 e. The summed E-state index contributed by atoms with van der Waals surface area (Å²) >= 11 is 0. The lowest BCUT2D eigenvalue weighted by Gasteiger charge is -1.95. The van der Waals surface area contributed by atoms with E-state index in [9.17, 15) is 9.59 Å². The van der Waals surface area contributed by atoms with Gasteiger partial charge in [-0.1, -0.05) is 41.5 Å². The molecular weight excluding hydrogens is 234 g/mol. The Morgan fingerprint density at radius 3 is 2.67 bits per heavy atom. The fourth-order valence-corrected chi connectivity index (χ4v) is 1.19. The van der Waals surface area contributed by atoms with E-state index >= 15 is 0 Å². The van der Waals surface area contributed by atoms with E-state index in [1.54, 1.807) is 6.08 Å². The number of aromatic amines is 1. The van der Waals surface area contributed by atoms with Crippen LogP contribution < -0.4 is 5.32 Å². The summed E-state index contributed by atoms with van der Waals surface area (Å²) in [5, 5.41) is 14.6. The number of amides is 1. The molecule has 0 aliphatic heterocycles. The van der Waals surface area contributed by atoms with Gasteiger partial charge in [0.15, 0.2) is 0 Å². The highest BCUT2D eigenvalue weighted by atomic mass is 16.2. The predicted octanol–water partition coefficient (Wildman–Crippen LogP) is 0.421. The minimum absolute atomic E-state index is 0.0403. The number of rotatable bonds is 4.